The van der Waals surface area contributed by atoms with E-state index in [0.29, 0.717) is 30.1 Å². The second-order valence-electron chi connectivity index (χ2n) is 7.26. The van der Waals surface area contributed by atoms with Gasteiger partial charge in [0.1, 0.15) is 24.9 Å². The SMILES string of the molecule is CCn1c(CC(F)(F)F)nc2c(NC3CCN(C4(C=O)CC4)C3)ncnc21. The van der Waals surface area contributed by atoms with Gasteiger partial charge in [-0.15, -0.1) is 0 Å². The van der Waals surface area contributed by atoms with Crippen LogP contribution in [0.3, 0.4) is 0 Å². The van der Waals surface area contributed by atoms with Crippen LogP contribution in [0.5, 0.6) is 0 Å². The third kappa shape index (κ3) is 3.38. The number of alkyl halides is 3. The first-order chi connectivity index (χ1) is 12.8. The number of halogens is 3. The number of hydrogen-bond donors (Lipinski definition) is 1. The van der Waals surface area contributed by atoms with E-state index in [1.54, 1.807) is 6.92 Å². The van der Waals surface area contributed by atoms with Crippen molar-refractivity contribution in [1.29, 1.82) is 0 Å². The summed E-state index contributed by atoms with van der Waals surface area (Å²) < 4.78 is 40.1. The Balaban J connectivity index is 1.58. The summed E-state index contributed by atoms with van der Waals surface area (Å²) in [7, 11) is 0. The van der Waals surface area contributed by atoms with E-state index in [0.717, 1.165) is 32.1 Å². The number of aryl methyl sites for hydroxylation is 1. The van der Waals surface area contributed by atoms with Crippen LogP contribution in [-0.2, 0) is 17.8 Å². The molecule has 2 aliphatic rings. The number of carbonyl (C=O) groups is 1. The number of anilines is 1. The number of rotatable bonds is 6. The molecule has 4 rings (SSSR count). The van der Waals surface area contributed by atoms with Crippen molar-refractivity contribution in [3.8, 4) is 0 Å². The summed E-state index contributed by atoms with van der Waals surface area (Å²) in [5, 5.41) is 3.30. The van der Waals surface area contributed by atoms with E-state index in [-0.39, 0.29) is 17.4 Å². The summed E-state index contributed by atoms with van der Waals surface area (Å²) in [4.78, 5) is 26.0. The van der Waals surface area contributed by atoms with Gasteiger partial charge in [0.25, 0.3) is 0 Å². The maximum atomic E-state index is 12.9. The van der Waals surface area contributed by atoms with Crippen molar-refractivity contribution < 1.29 is 18.0 Å². The number of likely N-dealkylation sites (tertiary alicyclic amines) is 1. The van der Waals surface area contributed by atoms with Crippen molar-refractivity contribution in [1.82, 2.24) is 24.4 Å². The highest BCUT2D eigenvalue weighted by Gasteiger charge is 2.50. The Morgan fingerprint density at radius 3 is 2.78 bits per heavy atom. The third-order valence-corrected chi connectivity index (χ3v) is 5.43. The molecule has 2 aromatic heterocycles. The van der Waals surface area contributed by atoms with Crippen LogP contribution in [0.1, 0.15) is 32.0 Å². The molecular formula is C17H21F3N6O. The number of carbonyl (C=O) groups excluding carboxylic acids is 1. The van der Waals surface area contributed by atoms with Gasteiger partial charge in [0.05, 0.1) is 5.54 Å². The molecule has 27 heavy (non-hydrogen) atoms. The Bertz CT molecular complexity index is 860. The van der Waals surface area contributed by atoms with E-state index in [4.69, 9.17) is 0 Å². The Kier molecular flexibility index (Phi) is 4.32. The summed E-state index contributed by atoms with van der Waals surface area (Å²) >= 11 is 0. The highest BCUT2D eigenvalue weighted by molar-refractivity contribution is 5.83. The molecule has 1 N–H and O–H groups in total. The van der Waals surface area contributed by atoms with E-state index in [1.807, 2.05) is 0 Å². The molecule has 0 aromatic carbocycles. The van der Waals surface area contributed by atoms with Crippen molar-refractivity contribution in [2.45, 2.75) is 56.9 Å². The molecule has 1 aliphatic carbocycles. The fourth-order valence-corrected chi connectivity index (χ4v) is 3.85. The molecular weight excluding hydrogens is 361 g/mol. The van der Waals surface area contributed by atoms with Gasteiger partial charge in [0, 0.05) is 25.7 Å². The van der Waals surface area contributed by atoms with Gasteiger partial charge in [0.2, 0.25) is 0 Å². The number of nitrogens with one attached hydrogen (secondary N) is 1. The van der Waals surface area contributed by atoms with Gasteiger partial charge in [-0.25, -0.2) is 15.0 Å². The van der Waals surface area contributed by atoms with Gasteiger partial charge < -0.3 is 14.7 Å². The Morgan fingerprint density at radius 1 is 1.37 bits per heavy atom. The minimum Gasteiger partial charge on any atom is -0.364 e. The van der Waals surface area contributed by atoms with E-state index in [1.165, 1.54) is 10.9 Å². The van der Waals surface area contributed by atoms with Crippen LogP contribution in [0.15, 0.2) is 6.33 Å². The zero-order valence-electron chi connectivity index (χ0n) is 15.0. The second-order valence-corrected chi connectivity index (χ2v) is 7.26. The molecule has 7 nitrogen and oxygen atoms in total. The highest BCUT2D eigenvalue weighted by Crippen LogP contribution is 2.41. The first-order valence-electron chi connectivity index (χ1n) is 9.10. The highest BCUT2D eigenvalue weighted by atomic mass is 19.4. The number of nitrogens with zero attached hydrogens (tertiary/aromatic N) is 5. The van der Waals surface area contributed by atoms with Crippen molar-refractivity contribution in [2.24, 2.45) is 0 Å². The number of hydrogen-bond acceptors (Lipinski definition) is 6. The topological polar surface area (TPSA) is 75.9 Å². The molecule has 0 spiro atoms. The standard InChI is InChI=1S/C17H21F3N6O/c1-2-26-12(7-17(18,19)20)24-13-14(21-10-22-15(13)26)23-11-3-6-25(8-11)16(9-27)4-5-16/h9-11H,2-8H2,1H3,(H,21,22,23). The predicted molar refractivity (Wildman–Crippen MR) is 92.4 cm³/mol. The fourth-order valence-electron chi connectivity index (χ4n) is 3.85. The van der Waals surface area contributed by atoms with Crippen LogP contribution in [0.2, 0.25) is 0 Å². The van der Waals surface area contributed by atoms with Gasteiger partial charge in [0.15, 0.2) is 17.0 Å². The summed E-state index contributed by atoms with van der Waals surface area (Å²) in [5.74, 6) is 0.382. The maximum absolute atomic E-state index is 12.9. The smallest absolute Gasteiger partial charge is 0.364 e. The average molecular weight is 382 g/mol. The van der Waals surface area contributed by atoms with Crippen LogP contribution >= 0.6 is 0 Å². The van der Waals surface area contributed by atoms with Crippen molar-refractivity contribution in [3.05, 3.63) is 12.2 Å². The van der Waals surface area contributed by atoms with Gasteiger partial charge in [-0.2, -0.15) is 13.2 Å². The fraction of sp³-hybridized carbons (Fsp3) is 0.647. The van der Waals surface area contributed by atoms with E-state index < -0.39 is 12.6 Å². The number of imidazole rings is 1. The minimum atomic E-state index is -4.34. The number of fused-ring (bicyclic) bond motifs is 1. The number of aldehydes is 1. The average Bonchev–Trinajstić information content (AvgIpc) is 3.13. The van der Waals surface area contributed by atoms with Crippen LogP contribution < -0.4 is 5.32 Å². The largest absolute Gasteiger partial charge is 0.396 e. The Labute approximate surface area is 154 Å². The lowest BCUT2D eigenvalue weighted by atomic mass is 10.2. The Hall–Kier alpha value is -2.23. The lowest BCUT2D eigenvalue weighted by Crippen LogP contribution is -2.38. The second kappa shape index (κ2) is 6.43. The van der Waals surface area contributed by atoms with E-state index >= 15 is 0 Å². The summed E-state index contributed by atoms with van der Waals surface area (Å²) in [6, 6.07) is 0.0679. The van der Waals surface area contributed by atoms with E-state index in [9.17, 15) is 18.0 Å². The molecule has 1 saturated carbocycles. The molecule has 2 fully saturated rings. The van der Waals surface area contributed by atoms with Gasteiger partial charge in [-0.1, -0.05) is 0 Å². The number of aromatic nitrogens is 4. The zero-order chi connectivity index (χ0) is 19.2. The van der Waals surface area contributed by atoms with Gasteiger partial charge >= 0.3 is 6.18 Å². The third-order valence-electron chi connectivity index (χ3n) is 5.43. The molecule has 2 aromatic rings. The van der Waals surface area contributed by atoms with Crippen LogP contribution in [0, 0.1) is 0 Å². The predicted octanol–water partition coefficient (Wildman–Crippen LogP) is 2.17. The molecule has 1 saturated heterocycles. The van der Waals surface area contributed by atoms with Crippen molar-refractivity contribution >= 4 is 23.3 Å². The first kappa shape index (κ1) is 18.1. The van der Waals surface area contributed by atoms with Crippen molar-refractivity contribution in [2.75, 3.05) is 18.4 Å². The molecule has 146 valence electrons. The molecule has 1 unspecified atom stereocenters. The first-order valence-corrected chi connectivity index (χ1v) is 9.10. The lowest BCUT2D eigenvalue weighted by molar-refractivity contribution is -0.128. The summed E-state index contributed by atoms with van der Waals surface area (Å²) in [6.07, 6.45) is -0.443. The van der Waals surface area contributed by atoms with Gasteiger partial charge in [-0.05, 0) is 26.2 Å². The normalized spacial score (nSPS) is 22.3. The monoisotopic (exact) mass is 382 g/mol. The minimum absolute atomic E-state index is 0.0607. The molecule has 1 aliphatic heterocycles. The quantitative estimate of drug-likeness (QED) is 0.772. The van der Waals surface area contributed by atoms with Crippen LogP contribution in [0.25, 0.3) is 11.2 Å². The summed E-state index contributed by atoms with van der Waals surface area (Å²) in [6.45, 7) is 3.62. The molecule has 1 atom stereocenters. The molecule has 0 bridgehead atoms. The maximum Gasteiger partial charge on any atom is 0.396 e. The molecule has 3 heterocycles. The molecule has 10 heteroatoms. The molecule has 0 radical (unpaired) electrons. The van der Waals surface area contributed by atoms with Gasteiger partial charge in [-0.3, -0.25) is 4.90 Å². The molecule has 0 amide bonds. The van der Waals surface area contributed by atoms with E-state index in [2.05, 4.69) is 25.2 Å². The summed E-state index contributed by atoms with van der Waals surface area (Å²) in [5.41, 5.74) is 0.449. The van der Waals surface area contributed by atoms with Crippen LogP contribution in [0.4, 0.5) is 19.0 Å². The zero-order valence-corrected chi connectivity index (χ0v) is 15.0. The van der Waals surface area contributed by atoms with Crippen LogP contribution in [-0.4, -0.2) is 61.6 Å². The Morgan fingerprint density at radius 2 is 2.15 bits per heavy atom. The lowest BCUT2D eigenvalue weighted by Gasteiger charge is -2.22. The van der Waals surface area contributed by atoms with Crippen molar-refractivity contribution in [3.63, 3.8) is 0 Å².